The number of hydrogen-bond acceptors (Lipinski definition) is 1. The van der Waals surface area contributed by atoms with Crippen molar-refractivity contribution < 1.29 is 0 Å². The van der Waals surface area contributed by atoms with Gasteiger partial charge < -0.3 is 4.90 Å². The Labute approximate surface area is 317 Å². The van der Waals surface area contributed by atoms with E-state index in [0.29, 0.717) is 0 Å². The van der Waals surface area contributed by atoms with Crippen molar-refractivity contribution in [3.63, 3.8) is 0 Å². The molecule has 0 saturated heterocycles. The summed E-state index contributed by atoms with van der Waals surface area (Å²) in [5, 5.41) is 5.09. The predicted molar refractivity (Wildman–Crippen MR) is 230 cm³/mol. The van der Waals surface area contributed by atoms with Gasteiger partial charge in [0.1, 0.15) is 0 Å². The molecule has 0 amide bonds. The first-order valence-electron chi connectivity index (χ1n) is 18.8. The van der Waals surface area contributed by atoms with Gasteiger partial charge in [-0.1, -0.05) is 172 Å². The standard InChI is InChI=1S/C53H39N/c1-53(2)50-32-31-43(35-49(50)52-45(25-14-26-51(52)53)37-17-7-4-8-18-37)54(42-21-13-20-39(33-42)36-15-5-3-6-16-36)41-29-27-38(28-30-41)48-34-40-19-9-10-22-44(40)46-23-11-12-24-47(46)48/h3-35H,1-2H3. The van der Waals surface area contributed by atoms with Gasteiger partial charge in [0.15, 0.2) is 0 Å². The minimum atomic E-state index is -0.115. The fourth-order valence-electron chi connectivity index (χ4n) is 8.78. The molecule has 0 radical (unpaired) electrons. The van der Waals surface area contributed by atoms with Crippen molar-refractivity contribution in [2.75, 3.05) is 4.90 Å². The van der Waals surface area contributed by atoms with Crippen LogP contribution in [0.1, 0.15) is 25.0 Å². The summed E-state index contributed by atoms with van der Waals surface area (Å²) in [6.07, 6.45) is 0. The Morgan fingerprint density at radius 3 is 1.70 bits per heavy atom. The topological polar surface area (TPSA) is 3.24 Å². The molecule has 9 aromatic carbocycles. The maximum absolute atomic E-state index is 2.43. The monoisotopic (exact) mass is 689 g/mol. The van der Waals surface area contributed by atoms with E-state index in [0.717, 1.165) is 17.1 Å². The molecule has 0 atom stereocenters. The van der Waals surface area contributed by atoms with Crippen molar-refractivity contribution in [2.24, 2.45) is 0 Å². The highest BCUT2D eigenvalue weighted by atomic mass is 15.1. The lowest BCUT2D eigenvalue weighted by molar-refractivity contribution is 0.660. The fourth-order valence-corrected chi connectivity index (χ4v) is 8.78. The second kappa shape index (κ2) is 12.8. The van der Waals surface area contributed by atoms with Crippen LogP contribution in [0.5, 0.6) is 0 Å². The van der Waals surface area contributed by atoms with Crippen LogP contribution in [-0.4, -0.2) is 0 Å². The van der Waals surface area contributed by atoms with Crippen LogP contribution in [-0.2, 0) is 5.41 Å². The predicted octanol–water partition coefficient (Wildman–Crippen LogP) is 14.8. The van der Waals surface area contributed by atoms with E-state index in [9.17, 15) is 0 Å². The third-order valence-electron chi connectivity index (χ3n) is 11.4. The number of hydrogen-bond donors (Lipinski definition) is 0. The lowest BCUT2D eigenvalue weighted by Gasteiger charge is -2.28. The molecule has 0 N–H and O–H groups in total. The minimum absolute atomic E-state index is 0.115. The van der Waals surface area contributed by atoms with Crippen LogP contribution in [0.25, 0.3) is 66.1 Å². The first-order chi connectivity index (χ1) is 26.5. The van der Waals surface area contributed by atoms with E-state index in [1.807, 2.05) is 0 Å². The molecule has 10 rings (SSSR count). The normalized spacial score (nSPS) is 12.8. The Morgan fingerprint density at radius 2 is 0.926 bits per heavy atom. The Hall–Kier alpha value is -6.70. The Balaban J connectivity index is 1.15. The van der Waals surface area contributed by atoms with Gasteiger partial charge in [-0.3, -0.25) is 0 Å². The SMILES string of the molecule is CC1(C)c2ccc(N(c3ccc(-c4cc5ccccc5c5ccccc45)cc3)c3cccc(-c4ccccc4)c3)cc2-c2c(-c3ccccc3)cccc21. The van der Waals surface area contributed by atoms with Crippen LogP contribution in [0.2, 0.25) is 0 Å². The van der Waals surface area contributed by atoms with E-state index in [1.165, 1.54) is 77.2 Å². The first kappa shape index (κ1) is 32.0. The van der Waals surface area contributed by atoms with Crippen LogP contribution in [0, 0.1) is 0 Å². The summed E-state index contributed by atoms with van der Waals surface area (Å²) in [6, 6.07) is 73.3. The van der Waals surface area contributed by atoms with Gasteiger partial charge in [-0.05, 0) is 120 Å². The summed E-state index contributed by atoms with van der Waals surface area (Å²) in [5.41, 5.74) is 16.0. The number of rotatable bonds is 6. The van der Waals surface area contributed by atoms with E-state index in [2.05, 4.69) is 219 Å². The smallest absolute Gasteiger partial charge is 0.0468 e. The van der Waals surface area contributed by atoms with Crippen molar-refractivity contribution in [1.82, 2.24) is 0 Å². The maximum Gasteiger partial charge on any atom is 0.0468 e. The first-order valence-corrected chi connectivity index (χ1v) is 18.8. The molecule has 1 aliphatic rings. The third-order valence-corrected chi connectivity index (χ3v) is 11.4. The Kier molecular flexibility index (Phi) is 7.56. The molecule has 0 heterocycles. The van der Waals surface area contributed by atoms with E-state index in [4.69, 9.17) is 0 Å². The zero-order valence-electron chi connectivity index (χ0n) is 30.5. The molecule has 0 unspecified atom stereocenters. The maximum atomic E-state index is 2.43. The van der Waals surface area contributed by atoms with Gasteiger partial charge in [0.25, 0.3) is 0 Å². The van der Waals surface area contributed by atoms with Crippen LogP contribution in [0.4, 0.5) is 17.1 Å². The van der Waals surface area contributed by atoms with Crippen molar-refractivity contribution in [2.45, 2.75) is 19.3 Å². The molecule has 9 aromatic rings. The van der Waals surface area contributed by atoms with Gasteiger partial charge in [0.2, 0.25) is 0 Å². The van der Waals surface area contributed by atoms with Gasteiger partial charge in [-0.2, -0.15) is 0 Å². The molecule has 1 heteroatoms. The molecule has 54 heavy (non-hydrogen) atoms. The molecule has 256 valence electrons. The van der Waals surface area contributed by atoms with Gasteiger partial charge in [0.05, 0.1) is 0 Å². The lowest BCUT2D eigenvalue weighted by atomic mass is 9.82. The molecule has 1 aliphatic carbocycles. The molecule has 0 fully saturated rings. The van der Waals surface area contributed by atoms with E-state index < -0.39 is 0 Å². The van der Waals surface area contributed by atoms with E-state index >= 15 is 0 Å². The van der Waals surface area contributed by atoms with E-state index in [-0.39, 0.29) is 5.41 Å². The Bertz CT molecular complexity index is 2830. The van der Waals surface area contributed by atoms with Crippen LogP contribution < -0.4 is 4.90 Å². The van der Waals surface area contributed by atoms with Crippen molar-refractivity contribution in [3.05, 3.63) is 211 Å². The molecular weight excluding hydrogens is 651 g/mol. The molecule has 0 bridgehead atoms. The third kappa shape index (κ3) is 5.24. The number of fused-ring (bicyclic) bond motifs is 6. The highest BCUT2D eigenvalue weighted by molar-refractivity contribution is 6.13. The summed E-state index contributed by atoms with van der Waals surface area (Å²) in [7, 11) is 0. The van der Waals surface area contributed by atoms with E-state index in [1.54, 1.807) is 0 Å². The molecule has 0 spiro atoms. The van der Waals surface area contributed by atoms with Gasteiger partial charge >= 0.3 is 0 Å². The highest BCUT2D eigenvalue weighted by Gasteiger charge is 2.37. The number of anilines is 3. The van der Waals surface area contributed by atoms with Crippen LogP contribution in [0.3, 0.4) is 0 Å². The van der Waals surface area contributed by atoms with Crippen molar-refractivity contribution in [1.29, 1.82) is 0 Å². The van der Waals surface area contributed by atoms with Crippen molar-refractivity contribution in [3.8, 4) is 44.5 Å². The summed E-state index contributed by atoms with van der Waals surface area (Å²) in [6.45, 7) is 4.73. The number of benzene rings is 9. The van der Waals surface area contributed by atoms with Crippen LogP contribution in [0.15, 0.2) is 200 Å². The minimum Gasteiger partial charge on any atom is -0.310 e. The second-order valence-corrected chi connectivity index (χ2v) is 14.9. The number of nitrogens with zero attached hydrogens (tertiary/aromatic N) is 1. The molecule has 0 aromatic heterocycles. The van der Waals surface area contributed by atoms with Gasteiger partial charge in [-0.15, -0.1) is 0 Å². The Morgan fingerprint density at radius 1 is 0.333 bits per heavy atom. The largest absolute Gasteiger partial charge is 0.310 e. The van der Waals surface area contributed by atoms with Crippen LogP contribution >= 0.6 is 0 Å². The second-order valence-electron chi connectivity index (χ2n) is 14.9. The molecular formula is C53H39N. The summed E-state index contributed by atoms with van der Waals surface area (Å²) >= 11 is 0. The van der Waals surface area contributed by atoms with Gasteiger partial charge in [-0.25, -0.2) is 0 Å². The lowest BCUT2D eigenvalue weighted by Crippen LogP contribution is -2.15. The summed E-state index contributed by atoms with van der Waals surface area (Å²) in [5.74, 6) is 0. The molecule has 1 nitrogen and oxygen atoms in total. The zero-order valence-corrected chi connectivity index (χ0v) is 30.5. The fraction of sp³-hybridized carbons (Fsp3) is 0.0566. The molecule has 0 aliphatic heterocycles. The van der Waals surface area contributed by atoms with Gasteiger partial charge in [0, 0.05) is 22.5 Å². The highest BCUT2D eigenvalue weighted by Crippen LogP contribution is 2.54. The average molecular weight is 690 g/mol. The summed E-state index contributed by atoms with van der Waals surface area (Å²) in [4.78, 5) is 2.42. The quantitative estimate of drug-likeness (QED) is 0.157. The summed E-state index contributed by atoms with van der Waals surface area (Å²) < 4.78 is 0. The molecule has 0 saturated carbocycles. The average Bonchev–Trinajstić information content (AvgIpc) is 3.47. The zero-order chi connectivity index (χ0) is 36.2. The van der Waals surface area contributed by atoms with Crippen molar-refractivity contribution >= 4 is 38.6 Å².